The van der Waals surface area contributed by atoms with E-state index in [9.17, 15) is 4.79 Å². The first-order valence-corrected chi connectivity index (χ1v) is 5.87. The van der Waals surface area contributed by atoms with E-state index in [2.05, 4.69) is 9.97 Å². The third kappa shape index (κ3) is 2.68. The van der Waals surface area contributed by atoms with Gasteiger partial charge in [0.25, 0.3) is 0 Å². The van der Waals surface area contributed by atoms with Crippen molar-refractivity contribution in [1.82, 2.24) is 9.97 Å². The fourth-order valence-electron chi connectivity index (χ4n) is 1.61. The van der Waals surface area contributed by atoms with Crippen molar-refractivity contribution < 1.29 is 9.53 Å². The number of esters is 1. The number of nitrogens with zero attached hydrogens (tertiary/aromatic N) is 3. The maximum Gasteiger partial charge on any atom is 0.339 e. The highest BCUT2D eigenvalue weighted by Crippen LogP contribution is 2.15. The summed E-state index contributed by atoms with van der Waals surface area (Å²) in [4.78, 5) is 20.6. The predicted octanol–water partition coefficient (Wildman–Crippen LogP) is 2.32. The summed E-state index contributed by atoms with van der Waals surface area (Å²) < 4.78 is 4.94. The number of ether oxygens (including phenoxy) is 1. The average Bonchev–Trinajstić information content (AvgIpc) is 2.39. The SMILES string of the molecule is Cc1nc2ccc(C(=O)O[C@@H](C)C#N)cc2nc1C. The zero-order chi connectivity index (χ0) is 14.0. The molecule has 0 aliphatic heterocycles. The number of hydrogen-bond acceptors (Lipinski definition) is 5. The van der Waals surface area contributed by atoms with E-state index in [1.165, 1.54) is 6.92 Å². The molecule has 2 aromatic rings. The number of carbonyl (C=O) groups excluding carboxylic acids is 1. The lowest BCUT2D eigenvalue weighted by Crippen LogP contribution is -2.13. The van der Waals surface area contributed by atoms with Crippen LogP contribution < -0.4 is 0 Å². The van der Waals surface area contributed by atoms with E-state index in [1.54, 1.807) is 18.2 Å². The lowest BCUT2D eigenvalue weighted by atomic mass is 10.2. The molecule has 1 aromatic heterocycles. The molecule has 1 heterocycles. The molecule has 0 aliphatic carbocycles. The normalized spacial score (nSPS) is 11.9. The first kappa shape index (κ1) is 13.0. The van der Waals surface area contributed by atoms with Crippen LogP contribution in [0.2, 0.25) is 0 Å². The van der Waals surface area contributed by atoms with Gasteiger partial charge >= 0.3 is 5.97 Å². The number of aromatic nitrogens is 2. The molecule has 0 radical (unpaired) electrons. The third-order valence-corrected chi connectivity index (χ3v) is 2.78. The van der Waals surface area contributed by atoms with Crippen molar-refractivity contribution in [2.45, 2.75) is 26.9 Å². The van der Waals surface area contributed by atoms with E-state index in [1.807, 2.05) is 19.9 Å². The molecule has 0 spiro atoms. The zero-order valence-electron chi connectivity index (χ0n) is 11.0. The molecule has 0 saturated carbocycles. The molecular weight excluding hydrogens is 242 g/mol. The van der Waals surface area contributed by atoms with Crippen molar-refractivity contribution in [2.24, 2.45) is 0 Å². The molecule has 0 amide bonds. The van der Waals surface area contributed by atoms with Gasteiger partial charge in [0.15, 0.2) is 6.10 Å². The Morgan fingerprint density at radius 3 is 2.53 bits per heavy atom. The van der Waals surface area contributed by atoms with Crippen LogP contribution in [0.3, 0.4) is 0 Å². The lowest BCUT2D eigenvalue weighted by molar-refractivity contribution is 0.0435. The van der Waals surface area contributed by atoms with E-state index < -0.39 is 12.1 Å². The molecule has 1 aromatic carbocycles. The molecule has 0 saturated heterocycles. The molecule has 0 N–H and O–H groups in total. The van der Waals surface area contributed by atoms with Crippen molar-refractivity contribution in [3.63, 3.8) is 0 Å². The van der Waals surface area contributed by atoms with Gasteiger partial charge in [-0.25, -0.2) is 14.8 Å². The van der Waals surface area contributed by atoms with Crippen LogP contribution in [0.1, 0.15) is 28.7 Å². The number of fused-ring (bicyclic) bond motifs is 1. The van der Waals surface area contributed by atoms with Crippen LogP contribution >= 0.6 is 0 Å². The van der Waals surface area contributed by atoms with E-state index in [0.29, 0.717) is 11.1 Å². The molecule has 0 aliphatic rings. The summed E-state index contributed by atoms with van der Waals surface area (Å²) in [5.74, 6) is -0.532. The van der Waals surface area contributed by atoms with Gasteiger partial charge in [0.2, 0.25) is 0 Å². The summed E-state index contributed by atoms with van der Waals surface area (Å²) in [5, 5.41) is 8.62. The lowest BCUT2D eigenvalue weighted by Gasteiger charge is -2.07. The predicted molar refractivity (Wildman–Crippen MR) is 69.5 cm³/mol. The number of benzene rings is 1. The van der Waals surface area contributed by atoms with Crippen molar-refractivity contribution in [1.29, 1.82) is 5.26 Å². The largest absolute Gasteiger partial charge is 0.444 e. The van der Waals surface area contributed by atoms with Gasteiger partial charge in [-0.05, 0) is 39.0 Å². The molecule has 0 bridgehead atoms. The molecule has 19 heavy (non-hydrogen) atoms. The monoisotopic (exact) mass is 255 g/mol. The molecule has 96 valence electrons. The van der Waals surface area contributed by atoms with Crippen molar-refractivity contribution in [2.75, 3.05) is 0 Å². The maximum absolute atomic E-state index is 11.8. The quantitative estimate of drug-likeness (QED) is 0.770. The van der Waals surface area contributed by atoms with Crippen LogP contribution in [0, 0.1) is 25.2 Å². The van der Waals surface area contributed by atoms with Crippen LogP contribution in [0.15, 0.2) is 18.2 Å². The highest BCUT2D eigenvalue weighted by molar-refractivity contribution is 5.93. The Bertz CT molecular complexity index is 689. The Balaban J connectivity index is 2.39. The van der Waals surface area contributed by atoms with Gasteiger partial charge in [-0.1, -0.05) is 0 Å². The molecule has 1 atom stereocenters. The van der Waals surface area contributed by atoms with E-state index in [-0.39, 0.29) is 0 Å². The fourth-order valence-corrected chi connectivity index (χ4v) is 1.61. The topological polar surface area (TPSA) is 75.9 Å². The smallest absolute Gasteiger partial charge is 0.339 e. The van der Waals surface area contributed by atoms with Crippen molar-refractivity contribution in [3.05, 3.63) is 35.2 Å². The second-order valence-electron chi connectivity index (χ2n) is 4.27. The number of hydrogen-bond donors (Lipinski definition) is 0. The Hall–Kier alpha value is -2.48. The number of aryl methyl sites for hydroxylation is 2. The summed E-state index contributed by atoms with van der Waals surface area (Å²) in [5.41, 5.74) is 3.42. The van der Waals surface area contributed by atoms with Crippen LogP contribution in [-0.4, -0.2) is 22.0 Å². The van der Waals surface area contributed by atoms with Gasteiger partial charge in [-0.3, -0.25) is 0 Å². The Labute approximate surface area is 110 Å². The Kier molecular flexibility index (Phi) is 3.43. The van der Waals surface area contributed by atoms with E-state index in [0.717, 1.165) is 16.9 Å². The molecule has 5 nitrogen and oxygen atoms in total. The van der Waals surface area contributed by atoms with Crippen molar-refractivity contribution >= 4 is 17.0 Å². The minimum Gasteiger partial charge on any atom is -0.444 e. The second-order valence-corrected chi connectivity index (χ2v) is 4.27. The highest BCUT2D eigenvalue weighted by atomic mass is 16.5. The molecule has 0 unspecified atom stereocenters. The summed E-state index contributed by atoms with van der Waals surface area (Å²) >= 11 is 0. The second kappa shape index (κ2) is 5.02. The van der Waals surface area contributed by atoms with Gasteiger partial charge in [0, 0.05) is 0 Å². The van der Waals surface area contributed by atoms with Gasteiger partial charge in [-0.15, -0.1) is 0 Å². The zero-order valence-corrected chi connectivity index (χ0v) is 11.0. The molecule has 0 fully saturated rings. The van der Waals surface area contributed by atoms with Crippen LogP contribution in [0.4, 0.5) is 0 Å². The van der Waals surface area contributed by atoms with Gasteiger partial charge in [0.1, 0.15) is 6.07 Å². The van der Waals surface area contributed by atoms with Crippen LogP contribution in [0.5, 0.6) is 0 Å². The molecular formula is C14H13N3O2. The summed E-state index contributed by atoms with van der Waals surface area (Å²) in [6.45, 7) is 5.27. The van der Waals surface area contributed by atoms with Crippen LogP contribution in [-0.2, 0) is 4.74 Å². The Morgan fingerprint density at radius 1 is 1.26 bits per heavy atom. The molecule has 2 rings (SSSR count). The third-order valence-electron chi connectivity index (χ3n) is 2.78. The Morgan fingerprint density at radius 2 is 1.89 bits per heavy atom. The van der Waals surface area contributed by atoms with Gasteiger partial charge < -0.3 is 4.74 Å². The number of nitriles is 1. The van der Waals surface area contributed by atoms with Gasteiger partial charge in [0.05, 0.1) is 28.0 Å². The summed E-state index contributed by atoms with van der Waals surface area (Å²) in [6.07, 6.45) is -0.769. The highest BCUT2D eigenvalue weighted by Gasteiger charge is 2.12. The van der Waals surface area contributed by atoms with E-state index in [4.69, 9.17) is 10.00 Å². The fraction of sp³-hybridized carbons (Fsp3) is 0.286. The maximum atomic E-state index is 11.8. The minimum absolute atomic E-state index is 0.368. The van der Waals surface area contributed by atoms with Crippen LogP contribution in [0.25, 0.3) is 11.0 Å². The number of rotatable bonds is 2. The number of carbonyl (C=O) groups is 1. The summed E-state index contributed by atoms with van der Waals surface area (Å²) in [6, 6.07) is 6.82. The standard InChI is InChI=1S/C14H13N3O2/c1-8(7-15)19-14(18)11-4-5-12-13(6-11)17-10(3)9(2)16-12/h4-6,8H,1-3H3/t8-/m0/s1. The minimum atomic E-state index is -0.769. The first-order chi connectivity index (χ1) is 9.01. The van der Waals surface area contributed by atoms with Crippen molar-refractivity contribution in [3.8, 4) is 6.07 Å². The van der Waals surface area contributed by atoms with E-state index >= 15 is 0 Å². The first-order valence-electron chi connectivity index (χ1n) is 5.87. The average molecular weight is 255 g/mol. The summed E-state index contributed by atoms with van der Waals surface area (Å²) in [7, 11) is 0. The van der Waals surface area contributed by atoms with Gasteiger partial charge in [-0.2, -0.15) is 5.26 Å². The molecule has 5 heteroatoms.